The highest BCUT2D eigenvalue weighted by atomic mass is 19.1. The molecule has 1 aromatic heterocycles. The number of nitrogens with zero attached hydrogens (tertiary/aromatic N) is 3. The minimum atomic E-state index is -0.483. The summed E-state index contributed by atoms with van der Waals surface area (Å²) >= 11 is 0. The maximum Gasteiger partial charge on any atom is 0.276 e. The van der Waals surface area contributed by atoms with Crippen molar-refractivity contribution in [1.29, 1.82) is 5.26 Å². The van der Waals surface area contributed by atoms with E-state index in [0.717, 1.165) is 5.69 Å². The van der Waals surface area contributed by atoms with E-state index in [1.165, 1.54) is 24.3 Å². The number of aromatic nitrogens is 2. The van der Waals surface area contributed by atoms with E-state index < -0.39 is 11.7 Å². The van der Waals surface area contributed by atoms with Gasteiger partial charge in [-0.15, -0.1) is 10.2 Å². The molecule has 3 aromatic rings. The van der Waals surface area contributed by atoms with Gasteiger partial charge in [0.1, 0.15) is 5.82 Å². The Bertz CT molecular complexity index is 933. The summed E-state index contributed by atoms with van der Waals surface area (Å²) in [5.41, 5.74) is 1.74. The minimum absolute atomic E-state index is 0.106. The lowest BCUT2D eigenvalue weighted by atomic mass is 10.2. The predicted octanol–water partition coefficient (Wildman–Crippen LogP) is 3.48. The summed E-state index contributed by atoms with van der Waals surface area (Å²) in [4.78, 5) is 12.1. The van der Waals surface area contributed by atoms with E-state index in [2.05, 4.69) is 20.8 Å². The monoisotopic (exact) mass is 333 g/mol. The van der Waals surface area contributed by atoms with Crippen LogP contribution in [0, 0.1) is 17.1 Å². The van der Waals surface area contributed by atoms with Crippen LogP contribution in [0.25, 0.3) is 0 Å². The van der Waals surface area contributed by atoms with E-state index in [-0.39, 0.29) is 5.69 Å². The number of hydrogen-bond acceptors (Lipinski definition) is 5. The summed E-state index contributed by atoms with van der Waals surface area (Å²) in [6.07, 6.45) is 0. The zero-order valence-electron chi connectivity index (χ0n) is 12.9. The zero-order chi connectivity index (χ0) is 17.6. The smallest absolute Gasteiger partial charge is 0.276 e. The van der Waals surface area contributed by atoms with Crippen LogP contribution in [-0.4, -0.2) is 16.1 Å². The number of benzene rings is 2. The number of anilines is 3. The fourth-order valence-electron chi connectivity index (χ4n) is 2.06. The van der Waals surface area contributed by atoms with Crippen molar-refractivity contribution in [2.75, 3.05) is 10.6 Å². The third kappa shape index (κ3) is 4.14. The lowest BCUT2D eigenvalue weighted by Crippen LogP contribution is -2.14. The first-order chi connectivity index (χ1) is 12.1. The summed E-state index contributed by atoms with van der Waals surface area (Å²) in [7, 11) is 0. The number of halogens is 1. The van der Waals surface area contributed by atoms with Crippen molar-refractivity contribution in [3.05, 3.63) is 77.7 Å². The number of hydrogen-bond donors (Lipinski definition) is 2. The van der Waals surface area contributed by atoms with Crippen LogP contribution >= 0.6 is 0 Å². The van der Waals surface area contributed by atoms with Crippen LogP contribution in [0.4, 0.5) is 21.6 Å². The van der Waals surface area contributed by atoms with Gasteiger partial charge in [0.15, 0.2) is 11.5 Å². The molecule has 0 fully saturated rings. The molecule has 122 valence electrons. The number of carbonyl (C=O) groups excluding carboxylic acids is 1. The van der Waals surface area contributed by atoms with Gasteiger partial charge in [0.2, 0.25) is 0 Å². The first-order valence-corrected chi connectivity index (χ1v) is 7.32. The summed E-state index contributed by atoms with van der Waals surface area (Å²) < 4.78 is 13.1. The van der Waals surface area contributed by atoms with Crippen LogP contribution in [0.2, 0.25) is 0 Å². The highest BCUT2D eigenvalue weighted by Crippen LogP contribution is 2.15. The summed E-state index contributed by atoms with van der Waals surface area (Å²) in [6.45, 7) is 0. The molecule has 0 saturated heterocycles. The molecule has 0 spiro atoms. The van der Waals surface area contributed by atoms with Gasteiger partial charge >= 0.3 is 0 Å². The van der Waals surface area contributed by atoms with E-state index in [9.17, 15) is 9.18 Å². The number of nitriles is 1. The van der Waals surface area contributed by atoms with Gasteiger partial charge in [0, 0.05) is 11.4 Å². The topological polar surface area (TPSA) is 90.7 Å². The molecule has 0 unspecified atom stereocenters. The first-order valence-electron chi connectivity index (χ1n) is 7.32. The number of rotatable bonds is 4. The highest BCUT2D eigenvalue weighted by molar-refractivity contribution is 6.02. The van der Waals surface area contributed by atoms with Crippen molar-refractivity contribution >= 4 is 23.1 Å². The van der Waals surface area contributed by atoms with Crippen LogP contribution in [0.1, 0.15) is 16.1 Å². The van der Waals surface area contributed by atoms with Gasteiger partial charge in [-0.1, -0.05) is 6.07 Å². The molecule has 0 aliphatic rings. The first kappa shape index (κ1) is 16.1. The molecule has 0 saturated carbocycles. The molecule has 0 radical (unpaired) electrons. The standard InChI is InChI=1S/C18H12FN5O/c19-13-2-1-3-15(10-13)22-18(25)16-8-9-17(24-23-16)21-14-6-4-12(11-20)5-7-14/h1-10H,(H,21,24)(H,22,25). The maximum atomic E-state index is 13.1. The lowest BCUT2D eigenvalue weighted by molar-refractivity contribution is 0.102. The third-order valence-electron chi connectivity index (χ3n) is 3.27. The van der Waals surface area contributed by atoms with Crippen LogP contribution in [0.5, 0.6) is 0 Å². The van der Waals surface area contributed by atoms with Gasteiger partial charge in [-0.2, -0.15) is 5.26 Å². The van der Waals surface area contributed by atoms with E-state index in [1.54, 1.807) is 36.4 Å². The molecule has 1 heterocycles. The molecule has 6 nitrogen and oxygen atoms in total. The fourth-order valence-corrected chi connectivity index (χ4v) is 2.06. The number of amides is 1. The van der Waals surface area contributed by atoms with E-state index in [4.69, 9.17) is 5.26 Å². The molecule has 7 heteroatoms. The SMILES string of the molecule is N#Cc1ccc(Nc2ccc(C(=O)Nc3cccc(F)c3)nn2)cc1. The summed E-state index contributed by atoms with van der Waals surface area (Å²) in [5, 5.41) is 22.1. The Balaban J connectivity index is 1.66. The summed E-state index contributed by atoms with van der Waals surface area (Å²) in [5.74, 6) is -0.471. The number of nitrogens with one attached hydrogen (secondary N) is 2. The Morgan fingerprint density at radius 2 is 1.80 bits per heavy atom. The van der Waals surface area contributed by atoms with Crippen molar-refractivity contribution in [1.82, 2.24) is 10.2 Å². The van der Waals surface area contributed by atoms with Gasteiger partial charge < -0.3 is 10.6 Å². The van der Waals surface area contributed by atoms with Gasteiger partial charge in [0.05, 0.1) is 11.6 Å². The zero-order valence-corrected chi connectivity index (χ0v) is 12.9. The normalized spacial score (nSPS) is 9.92. The second-order valence-electron chi connectivity index (χ2n) is 5.08. The molecule has 2 N–H and O–H groups in total. The van der Waals surface area contributed by atoms with Crippen molar-refractivity contribution in [2.24, 2.45) is 0 Å². The van der Waals surface area contributed by atoms with E-state index >= 15 is 0 Å². The molecule has 2 aromatic carbocycles. The van der Waals surface area contributed by atoms with Gasteiger partial charge in [0.25, 0.3) is 5.91 Å². The average Bonchev–Trinajstić information content (AvgIpc) is 2.63. The molecule has 0 atom stereocenters. The molecule has 3 rings (SSSR count). The Hall–Kier alpha value is -3.79. The third-order valence-corrected chi connectivity index (χ3v) is 3.27. The Labute approximate surface area is 143 Å². The molecule has 25 heavy (non-hydrogen) atoms. The molecule has 0 bridgehead atoms. The largest absolute Gasteiger partial charge is 0.339 e. The molecule has 0 aliphatic heterocycles. The molecular weight excluding hydrogens is 321 g/mol. The van der Waals surface area contributed by atoms with Crippen LogP contribution in [0.3, 0.4) is 0 Å². The lowest BCUT2D eigenvalue weighted by Gasteiger charge is -2.06. The summed E-state index contributed by atoms with van der Waals surface area (Å²) in [6, 6.07) is 17.6. The van der Waals surface area contributed by atoms with Gasteiger partial charge in [-0.05, 0) is 54.6 Å². The number of carbonyl (C=O) groups is 1. The Kier molecular flexibility index (Phi) is 4.62. The van der Waals surface area contributed by atoms with Crippen LogP contribution in [-0.2, 0) is 0 Å². The second-order valence-corrected chi connectivity index (χ2v) is 5.08. The van der Waals surface area contributed by atoms with Crippen LogP contribution in [0.15, 0.2) is 60.7 Å². The second kappa shape index (κ2) is 7.19. The molecule has 1 amide bonds. The van der Waals surface area contributed by atoms with E-state index in [1.807, 2.05) is 6.07 Å². The van der Waals surface area contributed by atoms with Gasteiger partial charge in [-0.3, -0.25) is 4.79 Å². The van der Waals surface area contributed by atoms with Crippen LogP contribution < -0.4 is 10.6 Å². The van der Waals surface area contributed by atoms with Gasteiger partial charge in [-0.25, -0.2) is 4.39 Å². The minimum Gasteiger partial charge on any atom is -0.339 e. The molecular formula is C18H12FN5O. The van der Waals surface area contributed by atoms with Crippen molar-refractivity contribution in [2.45, 2.75) is 0 Å². The van der Waals surface area contributed by atoms with Crippen molar-refractivity contribution < 1.29 is 9.18 Å². The maximum absolute atomic E-state index is 13.1. The van der Waals surface area contributed by atoms with E-state index in [0.29, 0.717) is 17.1 Å². The Morgan fingerprint density at radius 1 is 1.00 bits per heavy atom. The Morgan fingerprint density at radius 3 is 2.44 bits per heavy atom. The van der Waals surface area contributed by atoms with Crippen molar-refractivity contribution in [3.8, 4) is 6.07 Å². The quantitative estimate of drug-likeness (QED) is 0.763. The fraction of sp³-hybridized carbons (Fsp3) is 0. The van der Waals surface area contributed by atoms with Crippen molar-refractivity contribution in [3.63, 3.8) is 0 Å². The predicted molar refractivity (Wildman–Crippen MR) is 90.8 cm³/mol. The molecule has 0 aliphatic carbocycles. The highest BCUT2D eigenvalue weighted by Gasteiger charge is 2.09. The average molecular weight is 333 g/mol.